The Morgan fingerprint density at radius 2 is 1.52 bits per heavy atom. The van der Waals surface area contributed by atoms with Gasteiger partial charge in [0.2, 0.25) is 0 Å². The fourth-order valence-electron chi connectivity index (χ4n) is 4.19. The van der Waals surface area contributed by atoms with Crippen LogP contribution in [-0.2, 0) is 19.7 Å². The van der Waals surface area contributed by atoms with Gasteiger partial charge in [0.1, 0.15) is 12.2 Å². The largest absolute Gasteiger partial charge is 0.335 e. The SMILES string of the molecule is O=S1O[C@H]2[C@H](N3c4ccccc4C=Cc4ccccc43)CCC[C@H]2O1. The zero-order valence-electron chi connectivity index (χ0n) is 13.7. The molecular weight excluding hydrogens is 334 g/mol. The summed E-state index contributed by atoms with van der Waals surface area (Å²) in [5, 5.41) is 0. The van der Waals surface area contributed by atoms with Gasteiger partial charge in [-0.15, -0.1) is 0 Å². The van der Waals surface area contributed by atoms with Gasteiger partial charge in [-0.05, 0) is 42.5 Å². The van der Waals surface area contributed by atoms with E-state index in [0.29, 0.717) is 0 Å². The molecule has 2 heterocycles. The molecule has 5 rings (SSSR count). The van der Waals surface area contributed by atoms with Crippen molar-refractivity contribution in [3.63, 3.8) is 0 Å². The van der Waals surface area contributed by atoms with Crippen LogP contribution in [0.1, 0.15) is 30.4 Å². The highest BCUT2D eigenvalue weighted by molar-refractivity contribution is 7.75. The van der Waals surface area contributed by atoms with Crippen molar-refractivity contribution in [3.8, 4) is 0 Å². The van der Waals surface area contributed by atoms with Gasteiger partial charge in [0.15, 0.2) is 0 Å². The lowest BCUT2D eigenvalue weighted by Gasteiger charge is -2.40. The Kier molecular flexibility index (Phi) is 3.73. The third kappa shape index (κ3) is 2.54. The number of para-hydroxylation sites is 2. The average Bonchev–Trinajstić information content (AvgIpc) is 2.94. The van der Waals surface area contributed by atoms with E-state index in [2.05, 4.69) is 65.6 Å². The van der Waals surface area contributed by atoms with Gasteiger partial charge in [0.25, 0.3) is 0 Å². The predicted octanol–water partition coefficient (Wildman–Crippen LogP) is 4.22. The minimum absolute atomic E-state index is 0.0879. The smallest absolute Gasteiger partial charge is 0.305 e. The first-order chi connectivity index (χ1) is 12.3. The molecule has 0 spiro atoms. The van der Waals surface area contributed by atoms with Crippen LogP contribution in [-0.4, -0.2) is 22.5 Å². The van der Waals surface area contributed by atoms with Gasteiger partial charge in [-0.1, -0.05) is 48.6 Å². The Bertz CT molecular complexity index is 816. The third-order valence-corrected chi connectivity index (χ3v) is 6.08. The summed E-state index contributed by atoms with van der Waals surface area (Å²) in [5.74, 6) is 0. The molecule has 0 aromatic heterocycles. The Labute approximate surface area is 149 Å². The minimum Gasteiger partial charge on any atom is -0.335 e. The van der Waals surface area contributed by atoms with E-state index in [-0.39, 0.29) is 18.2 Å². The summed E-state index contributed by atoms with van der Waals surface area (Å²) in [7, 11) is 0. The lowest BCUT2D eigenvalue weighted by Crippen LogP contribution is -2.48. The molecule has 0 radical (unpaired) electrons. The number of hydrogen-bond donors (Lipinski definition) is 0. The maximum atomic E-state index is 11.8. The Morgan fingerprint density at radius 1 is 0.880 bits per heavy atom. The minimum atomic E-state index is -1.63. The molecule has 0 amide bonds. The molecule has 4 atom stereocenters. The molecule has 1 aliphatic carbocycles. The zero-order chi connectivity index (χ0) is 16.8. The van der Waals surface area contributed by atoms with E-state index >= 15 is 0 Å². The highest BCUT2D eigenvalue weighted by Crippen LogP contribution is 2.43. The van der Waals surface area contributed by atoms with Gasteiger partial charge < -0.3 is 4.90 Å². The van der Waals surface area contributed by atoms with Crippen LogP contribution >= 0.6 is 0 Å². The standard InChI is InChI=1S/C20H19NO3S/c22-25-23-19-11-5-10-18(20(19)24-25)21-16-8-3-1-6-14(16)12-13-15-7-2-4-9-17(15)21/h1-4,6-9,12-13,18-20H,5,10-11H2/t18-,19-,20+,25?/m1/s1. The van der Waals surface area contributed by atoms with E-state index in [4.69, 9.17) is 8.37 Å². The lowest BCUT2D eigenvalue weighted by molar-refractivity contribution is 0.0920. The van der Waals surface area contributed by atoms with Gasteiger partial charge in [0, 0.05) is 11.4 Å². The molecule has 2 aromatic rings. The number of benzene rings is 2. The molecule has 1 unspecified atom stereocenters. The van der Waals surface area contributed by atoms with E-state index in [1.165, 1.54) is 11.1 Å². The van der Waals surface area contributed by atoms with Gasteiger partial charge in [0.05, 0.1) is 6.04 Å². The summed E-state index contributed by atoms with van der Waals surface area (Å²) in [6, 6.07) is 16.9. The molecule has 0 N–H and O–H groups in total. The van der Waals surface area contributed by atoms with E-state index in [0.717, 1.165) is 30.6 Å². The van der Waals surface area contributed by atoms with Crippen molar-refractivity contribution in [3.05, 3.63) is 59.7 Å². The molecule has 25 heavy (non-hydrogen) atoms. The van der Waals surface area contributed by atoms with Crippen LogP contribution in [0.4, 0.5) is 11.4 Å². The van der Waals surface area contributed by atoms with E-state index in [9.17, 15) is 4.21 Å². The summed E-state index contributed by atoms with van der Waals surface area (Å²) in [6.45, 7) is 0. The molecule has 0 bridgehead atoms. The molecule has 2 fully saturated rings. The van der Waals surface area contributed by atoms with Gasteiger partial charge in [-0.25, -0.2) is 0 Å². The quantitative estimate of drug-likeness (QED) is 0.769. The van der Waals surface area contributed by atoms with E-state index < -0.39 is 11.4 Å². The van der Waals surface area contributed by atoms with Crippen molar-refractivity contribution in [1.82, 2.24) is 0 Å². The summed E-state index contributed by atoms with van der Waals surface area (Å²) < 4.78 is 23.0. The molecule has 128 valence electrons. The first kappa shape index (κ1) is 15.3. The van der Waals surface area contributed by atoms with Crippen LogP contribution in [0.25, 0.3) is 12.2 Å². The Hall–Kier alpha value is -1.95. The van der Waals surface area contributed by atoms with Crippen LogP contribution in [0, 0.1) is 0 Å². The van der Waals surface area contributed by atoms with Gasteiger partial charge in [-0.3, -0.25) is 8.37 Å². The first-order valence-corrected chi connectivity index (χ1v) is 9.73. The van der Waals surface area contributed by atoms with Crippen molar-refractivity contribution in [1.29, 1.82) is 0 Å². The highest BCUT2D eigenvalue weighted by atomic mass is 32.2. The number of fused-ring (bicyclic) bond motifs is 3. The molecule has 4 nitrogen and oxygen atoms in total. The fraction of sp³-hybridized carbons (Fsp3) is 0.300. The fourth-order valence-corrected chi connectivity index (χ4v) is 5.07. The zero-order valence-corrected chi connectivity index (χ0v) is 14.5. The van der Waals surface area contributed by atoms with Gasteiger partial charge >= 0.3 is 11.4 Å². The van der Waals surface area contributed by atoms with Crippen molar-refractivity contribution in [2.45, 2.75) is 37.5 Å². The normalized spacial score (nSPS) is 30.3. The Morgan fingerprint density at radius 3 is 2.20 bits per heavy atom. The monoisotopic (exact) mass is 353 g/mol. The molecule has 2 aliphatic heterocycles. The second-order valence-corrected chi connectivity index (χ2v) is 7.51. The number of anilines is 2. The van der Waals surface area contributed by atoms with Gasteiger partial charge in [-0.2, -0.15) is 4.21 Å². The predicted molar refractivity (Wildman–Crippen MR) is 99.5 cm³/mol. The topological polar surface area (TPSA) is 38.8 Å². The second-order valence-electron chi connectivity index (χ2n) is 6.72. The summed E-state index contributed by atoms with van der Waals surface area (Å²) in [6.07, 6.45) is 7.01. The lowest BCUT2D eigenvalue weighted by atomic mass is 9.88. The van der Waals surface area contributed by atoms with Crippen LogP contribution in [0.5, 0.6) is 0 Å². The molecular formula is C20H19NO3S. The maximum absolute atomic E-state index is 11.8. The summed E-state index contributed by atoms with van der Waals surface area (Å²) >= 11 is -1.63. The summed E-state index contributed by atoms with van der Waals surface area (Å²) in [4.78, 5) is 2.37. The van der Waals surface area contributed by atoms with E-state index in [1.807, 2.05) is 0 Å². The second kappa shape index (κ2) is 6.09. The van der Waals surface area contributed by atoms with Crippen LogP contribution in [0.3, 0.4) is 0 Å². The average molecular weight is 353 g/mol. The number of nitrogens with zero attached hydrogens (tertiary/aromatic N) is 1. The molecule has 1 saturated heterocycles. The van der Waals surface area contributed by atoms with Crippen molar-refractivity contribution >= 4 is 34.9 Å². The van der Waals surface area contributed by atoms with Crippen LogP contribution < -0.4 is 4.90 Å². The van der Waals surface area contributed by atoms with Crippen molar-refractivity contribution < 1.29 is 12.6 Å². The highest BCUT2D eigenvalue weighted by Gasteiger charge is 2.46. The van der Waals surface area contributed by atoms with E-state index in [1.54, 1.807) is 0 Å². The summed E-state index contributed by atoms with van der Waals surface area (Å²) in [5.41, 5.74) is 4.69. The van der Waals surface area contributed by atoms with Crippen LogP contribution in [0.15, 0.2) is 48.5 Å². The molecule has 5 heteroatoms. The first-order valence-electron chi connectivity index (χ1n) is 8.73. The van der Waals surface area contributed by atoms with Crippen LogP contribution in [0.2, 0.25) is 0 Å². The molecule has 2 aromatic carbocycles. The Balaban J connectivity index is 1.67. The maximum Gasteiger partial charge on any atom is 0.305 e. The molecule has 1 saturated carbocycles. The number of rotatable bonds is 1. The van der Waals surface area contributed by atoms with Crippen molar-refractivity contribution in [2.75, 3.05) is 4.90 Å². The number of hydrogen-bond acceptors (Lipinski definition) is 4. The third-order valence-electron chi connectivity index (χ3n) is 5.29. The molecule has 3 aliphatic rings. The van der Waals surface area contributed by atoms with Crippen molar-refractivity contribution in [2.24, 2.45) is 0 Å².